The van der Waals surface area contributed by atoms with Gasteiger partial charge < -0.3 is 10.5 Å². The summed E-state index contributed by atoms with van der Waals surface area (Å²) in [5, 5.41) is 4.05. The second kappa shape index (κ2) is 6.55. The summed E-state index contributed by atoms with van der Waals surface area (Å²) >= 11 is 1.63. The molecule has 6 heteroatoms. The van der Waals surface area contributed by atoms with Crippen LogP contribution in [0.15, 0.2) is 17.3 Å². The van der Waals surface area contributed by atoms with E-state index >= 15 is 0 Å². The molecule has 0 aromatic carbocycles. The summed E-state index contributed by atoms with van der Waals surface area (Å²) < 4.78 is 6.56. The fourth-order valence-electron chi connectivity index (χ4n) is 1.14. The standard InChI is InChI=1S/C10H17N3O2S/c1-3-15-10(14)9(11)4-5-16-8-6-12-13(2)7-8/h6-7,9H,3-5,11H2,1-2H3. The molecule has 1 atom stereocenters. The molecule has 16 heavy (non-hydrogen) atoms. The van der Waals surface area contributed by atoms with Gasteiger partial charge in [-0.05, 0) is 13.3 Å². The summed E-state index contributed by atoms with van der Waals surface area (Å²) in [4.78, 5) is 12.3. The fraction of sp³-hybridized carbons (Fsp3) is 0.600. The van der Waals surface area contributed by atoms with Crippen molar-refractivity contribution in [3.05, 3.63) is 12.4 Å². The van der Waals surface area contributed by atoms with Gasteiger partial charge in [-0.3, -0.25) is 9.48 Å². The van der Waals surface area contributed by atoms with Crippen molar-refractivity contribution >= 4 is 17.7 Å². The van der Waals surface area contributed by atoms with E-state index in [2.05, 4.69) is 5.10 Å². The molecule has 0 fully saturated rings. The summed E-state index contributed by atoms with van der Waals surface area (Å²) in [6.07, 6.45) is 4.33. The first-order valence-corrected chi connectivity index (χ1v) is 6.15. The van der Waals surface area contributed by atoms with Crippen LogP contribution in [-0.2, 0) is 16.6 Å². The first-order valence-electron chi connectivity index (χ1n) is 5.17. The van der Waals surface area contributed by atoms with Crippen LogP contribution in [0.4, 0.5) is 0 Å². The van der Waals surface area contributed by atoms with Gasteiger partial charge in [-0.1, -0.05) is 0 Å². The monoisotopic (exact) mass is 243 g/mol. The molecule has 0 aliphatic carbocycles. The number of thioether (sulfide) groups is 1. The number of hydrogen-bond donors (Lipinski definition) is 1. The molecule has 0 aliphatic rings. The van der Waals surface area contributed by atoms with E-state index in [1.54, 1.807) is 29.6 Å². The van der Waals surface area contributed by atoms with E-state index in [1.165, 1.54) is 0 Å². The van der Waals surface area contributed by atoms with Gasteiger partial charge in [0, 0.05) is 23.9 Å². The van der Waals surface area contributed by atoms with Gasteiger partial charge in [0.2, 0.25) is 0 Å². The van der Waals surface area contributed by atoms with Crippen molar-refractivity contribution in [3.8, 4) is 0 Å². The minimum Gasteiger partial charge on any atom is -0.465 e. The second-order valence-electron chi connectivity index (χ2n) is 3.35. The Hall–Kier alpha value is -1.01. The van der Waals surface area contributed by atoms with E-state index in [4.69, 9.17) is 10.5 Å². The molecular formula is C10H17N3O2S. The molecule has 1 rings (SSSR count). The van der Waals surface area contributed by atoms with Crippen molar-refractivity contribution in [3.63, 3.8) is 0 Å². The van der Waals surface area contributed by atoms with E-state index in [0.717, 1.165) is 10.6 Å². The van der Waals surface area contributed by atoms with Gasteiger partial charge in [-0.25, -0.2) is 0 Å². The number of ether oxygens (including phenoxy) is 1. The largest absolute Gasteiger partial charge is 0.465 e. The van der Waals surface area contributed by atoms with Gasteiger partial charge in [-0.2, -0.15) is 5.10 Å². The van der Waals surface area contributed by atoms with E-state index in [-0.39, 0.29) is 5.97 Å². The topological polar surface area (TPSA) is 70.1 Å². The zero-order chi connectivity index (χ0) is 12.0. The van der Waals surface area contributed by atoms with Gasteiger partial charge in [0.1, 0.15) is 6.04 Å². The smallest absolute Gasteiger partial charge is 0.322 e. The normalized spacial score (nSPS) is 12.4. The van der Waals surface area contributed by atoms with E-state index in [1.807, 2.05) is 13.2 Å². The number of nitrogens with two attached hydrogens (primary N) is 1. The van der Waals surface area contributed by atoms with Gasteiger partial charge in [0.05, 0.1) is 12.8 Å². The van der Waals surface area contributed by atoms with Crippen LogP contribution in [0.1, 0.15) is 13.3 Å². The van der Waals surface area contributed by atoms with Crippen molar-refractivity contribution in [1.29, 1.82) is 0 Å². The predicted molar refractivity (Wildman–Crippen MR) is 63.2 cm³/mol. The highest BCUT2D eigenvalue weighted by Crippen LogP contribution is 2.17. The third-order valence-electron chi connectivity index (χ3n) is 1.97. The number of carbonyl (C=O) groups is 1. The highest BCUT2D eigenvalue weighted by molar-refractivity contribution is 7.99. The lowest BCUT2D eigenvalue weighted by Gasteiger charge is -2.09. The molecule has 90 valence electrons. The number of aromatic nitrogens is 2. The maximum Gasteiger partial charge on any atom is 0.322 e. The first kappa shape index (κ1) is 13.1. The van der Waals surface area contributed by atoms with Crippen LogP contribution in [0, 0.1) is 0 Å². The van der Waals surface area contributed by atoms with Crippen LogP contribution in [0.2, 0.25) is 0 Å². The summed E-state index contributed by atoms with van der Waals surface area (Å²) in [5.74, 6) is 0.459. The first-order chi connectivity index (χ1) is 7.63. The van der Waals surface area contributed by atoms with E-state index in [9.17, 15) is 4.79 Å². The predicted octanol–water partition coefficient (Wildman–Crippen LogP) is 0.793. The van der Waals surface area contributed by atoms with Gasteiger partial charge in [0.25, 0.3) is 0 Å². The zero-order valence-electron chi connectivity index (χ0n) is 9.55. The van der Waals surface area contributed by atoms with E-state index in [0.29, 0.717) is 13.0 Å². The molecule has 0 spiro atoms. The Morgan fingerprint density at radius 2 is 2.50 bits per heavy atom. The summed E-state index contributed by atoms with van der Waals surface area (Å²) in [5.41, 5.74) is 5.66. The van der Waals surface area contributed by atoms with Crippen LogP contribution in [0.5, 0.6) is 0 Å². The maximum absolute atomic E-state index is 11.2. The highest BCUT2D eigenvalue weighted by atomic mass is 32.2. The molecule has 0 aliphatic heterocycles. The third kappa shape index (κ3) is 4.24. The van der Waals surface area contributed by atoms with Crippen LogP contribution in [0.3, 0.4) is 0 Å². The summed E-state index contributed by atoms with van der Waals surface area (Å²) in [6.45, 7) is 2.15. The molecule has 2 N–H and O–H groups in total. The number of hydrogen-bond acceptors (Lipinski definition) is 5. The van der Waals surface area contributed by atoms with Gasteiger partial charge in [-0.15, -0.1) is 11.8 Å². The minimum absolute atomic E-state index is 0.325. The molecule has 1 heterocycles. The molecule has 0 bridgehead atoms. The Morgan fingerprint density at radius 1 is 1.75 bits per heavy atom. The Bertz CT molecular complexity index is 341. The zero-order valence-corrected chi connectivity index (χ0v) is 10.4. The SMILES string of the molecule is CCOC(=O)C(N)CCSc1cnn(C)c1. The van der Waals surface area contributed by atoms with Gasteiger partial charge >= 0.3 is 5.97 Å². The van der Waals surface area contributed by atoms with Crippen LogP contribution in [0.25, 0.3) is 0 Å². The number of nitrogens with zero attached hydrogens (tertiary/aromatic N) is 2. The Kier molecular flexibility index (Phi) is 5.34. The number of carbonyl (C=O) groups excluding carboxylic acids is 1. The number of esters is 1. The average Bonchev–Trinajstić information content (AvgIpc) is 2.64. The molecular weight excluding hydrogens is 226 g/mol. The fourth-order valence-corrected chi connectivity index (χ4v) is 2.10. The van der Waals surface area contributed by atoms with Crippen LogP contribution >= 0.6 is 11.8 Å². The Balaban J connectivity index is 2.22. The quantitative estimate of drug-likeness (QED) is 0.591. The molecule has 0 amide bonds. The average molecular weight is 243 g/mol. The highest BCUT2D eigenvalue weighted by Gasteiger charge is 2.13. The molecule has 5 nitrogen and oxygen atoms in total. The lowest BCUT2D eigenvalue weighted by molar-refractivity contribution is -0.144. The maximum atomic E-state index is 11.2. The molecule has 0 saturated heterocycles. The minimum atomic E-state index is -0.524. The van der Waals surface area contributed by atoms with Crippen molar-refractivity contribution in [2.75, 3.05) is 12.4 Å². The molecule has 0 radical (unpaired) electrons. The Morgan fingerprint density at radius 3 is 3.06 bits per heavy atom. The second-order valence-corrected chi connectivity index (χ2v) is 4.51. The van der Waals surface area contributed by atoms with Crippen molar-refractivity contribution < 1.29 is 9.53 Å². The van der Waals surface area contributed by atoms with E-state index < -0.39 is 6.04 Å². The van der Waals surface area contributed by atoms with Crippen molar-refractivity contribution in [2.45, 2.75) is 24.3 Å². The molecule has 1 aromatic heterocycles. The summed E-state index contributed by atoms with van der Waals surface area (Å²) in [7, 11) is 1.87. The molecule has 1 unspecified atom stereocenters. The number of rotatable bonds is 6. The summed E-state index contributed by atoms with van der Waals surface area (Å²) in [6, 6.07) is -0.524. The Labute approximate surface area is 99.3 Å². The van der Waals surface area contributed by atoms with Gasteiger partial charge in [0.15, 0.2) is 0 Å². The van der Waals surface area contributed by atoms with Crippen LogP contribution < -0.4 is 5.73 Å². The lowest BCUT2D eigenvalue weighted by Crippen LogP contribution is -2.32. The lowest BCUT2D eigenvalue weighted by atomic mass is 10.2. The van der Waals surface area contributed by atoms with Crippen molar-refractivity contribution in [1.82, 2.24) is 9.78 Å². The molecule has 1 aromatic rings. The van der Waals surface area contributed by atoms with Crippen molar-refractivity contribution in [2.24, 2.45) is 12.8 Å². The molecule has 0 saturated carbocycles. The third-order valence-corrected chi connectivity index (χ3v) is 2.95. The van der Waals surface area contributed by atoms with Crippen LogP contribution in [-0.4, -0.2) is 34.2 Å². The number of aryl methyl sites for hydroxylation is 1.